The third-order valence-electron chi connectivity index (χ3n) is 5.34. The number of carbonyl (C=O) groups excluding carboxylic acids is 1. The Morgan fingerprint density at radius 1 is 1.24 bits per heavy atom. The molecule has 1 heterocycles. The lowest BCUT2D eigenvalue weighted by atomic mass is 10.1. The number of hydrogen-bond acceptors (Lipinski definition) is 8. The first-order valence-corrected chi connectivity index (χ1v) is 12.4. The van der Waals surface area contributed by atoms with Gasteiger partial charge in [0.15, 0.2) is 0 Å². The van der Waals surface area contributed by atoms with E-state index in [0.717, 1.165) is 16.2 Å². The van der Waals surface area contributed by atoms with Crippen LogP contribution in [0.5, 0.6) is 0 Å². The summed E-state index contributed by atoms with van der Waals surface area (Å²) in [7, 11) is -3.74. The topological polar surface area (TPSA) is 134 Å². The number of para-hydroxylation sites is 1. The molecule has 1 amide bonds. The molecule has 1 N–H and O–H groups in total. The molecule has 2 aromatic rings. The number of morpholine rings is 1. The lowest BCUT2D eigenvalue weighted by Crippen LogP contribution is -2.39. The number of hydrogen-bond donors (Lipinski definition) is 1. The van der Waals surface area contributed by atoms with Crippen molar-refractivity contribution in [1.29, 1.82) is 0 Å². The number of hydrazone groups is 1. The van der Waals surface area contributed by atoms with Gasteiger partial charge in [-0.3, -0.25) is 19.2 Å². The number of carbonyl (C=O) groups is 1. The van der Waals surface area contributed by atoms with Crippen LogP contribution in [0.2, 0.25) is 0 Å². The Hall–Kier alpha value is -3.51. The second-order valence-corrected chi connectivity index (χ2v) is 9.81. The van der Waals surface area contributed by atoms with Crippen LogP contribution in [0.3, 0.4) is 0 Å². The van der Waals surface area contributed by atoms with Crippen LogP contribution in [0.1, 0.15) is 16.7 Å². The predicted molar refractivity (Wildman–Crippen MR) is 130 cm³/mol. The summed E-state index contributed by atoms with van der Waals surface area (Å²) in [5.74, 6) is -0.650. The highest BCUT2D eigenvalue weighted by Gasteiger charge is 2.24. The number of nitrogens with one attached hydrogen (secondary N) is 1. The van der Waals surface area contributed by atoms with Gasteiger partial charge in [0.25, 0.3) is 11.6 Å². The molecule has 0 atom stereocenters. The van der Waals surface area contributed by atoms with Gasteiger partial charge in [-0.25, -0.2) is 13.8 Å². The Labute approximate surface area is 198 Å². The molecule has 11 nitrogen and oxygen atoms in total. The molecule has 3 rings (SSSR count). The van der Waals surface area contributed by atoms with Gasteiger partial charge in [-0.05, 0) is 31.0 Å². The maximum Gasteiger partial charge on any atom is 0.270 e. The standard InChI is InChI=1S/C22H27N5O6S/c1-16-5-4-6-17(2)22(16)26(34(3,31)32)15-21(28)24-23-14-18-13-19(27(29)30)7-8-20(18)25-9-11-33-12-10-25/h4-8,13-14H,9-12,15H2,1-3H3,(H,24,28)/b23-14-. The van der Waals surface area contributed by atoms with E-state index in [1.807, 2.05) is 11.0 Å². The molecule has 1 aliphatic rings. The number of sulfonamides is 1. The smallest absolute Gasteiger partial charge is 0.270 e. The Bertz CT molecular complexity index is 1190. The van der Waals surface area contributed by atoms with E-state index in [4.69, 9.17) is 4.74 Å². The summed E-state index contributed by atoms with van der Waals surface area (Å²) in [6.07, 6.45) is 2.35. The molecule has 34 heavy (non-hydrogen) atoms. The first-order valence-electron chi connectivity index (χ1n) is 10.5. The number of nitro benzene ring substituents is 1. The van der Waals surface area contributed by atoms with E-state index in [2.05, 4.69) is 10.5 Å². The molecule has 1 fully saturated rings. The van der Waals surface area contributed by atoms with Crippen LogP contribution in [-0.2, 0) is 19.6 Å². The molecule has 2 aromatic carbocycles. The van der Waals surface area contributed by atoms with Crippen LogP contribution in [0.25, 0.3) is 0 Å². The zero-order valence-electron chi connectivity index (χ0n) is 19.2. The highest BCUT2D eigenvalue weighted by Crippen LogP contribution is 2.27. The van der Waals surface area contributed by atoms with Crippen LogP contribution < -0.4 is 14.6 Å². The quantitative estimate of drug-likeness (QED) is 0.340. The summed E-state index contributed by atoms with van der Waals surface area (Å²) in [4.78, 5) is 25.3. The Balaban J connectivity index is 1.80. The number of nitrogens with zero attached hydrogens (tertiary/aromatic N) is 4. The van der Waals surface area contributed by atoms with E-state index in [-0.39, 0.29) is 5.69 Å². The van der Waals surface area contributed by atoms with E-state index in [9.17, 15) is 23.3 Å². The first-order chi connectivity index (χ1) is 16.1. The van der Waals surface area contributed by atoms with Gasteiger partial charge in [0.2, 0.25) is 10.0 Å². The molecular formula is C22H27N5O6S. The maximum absolute atomic E-state index is 12.6. The summed E-state index contributed by atoms with van der Waals surface area (Å²) >= 11 is 0. The molecule has 0 radical (unpaired) electrons. The van der Waals surface area contributed by atoms with Gasteiger partial charge in [-0.15, -0.1) is 0 Å². The van der Waals surface area contributed by atoms with E-state index in [1.165, 1.54) is 18.3 Å². The van der Waals surface area contributed by atoms with Crippen molar-refractivity contribution in [2.24, 2.45) is 5.10 Å². The normalized spacial score (nSPS) is 14.3. The molecule has 0 aromatic heterocycles. The third-order valence-corrected chi connectivity index (χ3v) is 6.46. The Kier molecular flexibility index (Phi) is 7.84. The van der Waals surface area contributed by atoms with Crippen molar-refractivity contribution in [3.63, 3.8) is 0 Å². The zero-order valence-corrected chi connectivity index (χ0v) is 20.0. The monoisotopic (exact) mass is 489 g/mol. The first kappa shape index (κ1) is 25.1. The fourth-order valence-electron chi connectivity index (χ4n) is 3.75. The molecule has 1 aliphatic heterocycles. The highest BCUT2D eigenvalue weighted by atomic mass is 32.2. The van der Waals surface area contributed by atoms with Crippen molar-refractivity contribution in [3.8, 4) is 0 Å². The van der Waals surface area contributed by atoms with Crippen molar-refractivity contribution in [1.82, 2.24) is 5.43 Å². The number of nitro groups is 1. The summed E-state index contributed by atoms with van der Waals surface area (Å²) in [6, 6.07) is 9.77. The van der Waals surface area contributed by atoms with Crippen LogP contribution >= 0.6 is 0 Å². The number of ether oxygens (including phenoxy) is 1. The van der Waals surface area contributed by atoms with Crippen molar-refractivity contribution in [2.75, 3.05) is 48.3 Å². The maximum atomic E-state index is 12.6. The summed E-state index contributed by atoms with van der Waals surface area (Å²) in [5, 5.41) is 15.2. The zero-order chi connectivity index (χ0) is 24.9. The van der Waals surface area contributed by atoms with E-state index in [0.29, 0.717) is 48.7 Å². The van der Waals surface area contributed by atoms with Crippen LogP contribution in [0.4, 0.5) is 17.1 Å². The number of anilines is 2. The van der Waals surface area contributed by atoms with Crippen molar-refractivity contribution < 1.29 is 22.9 Å². The summed E-state index contributed by atoms with van der Waals surface area (Å²) in [6.45, 7) is 5.37. The van der Waals surface area contributed by atoms with E-state index >= 15 is 0 Å². The van der Waals surface area contributed by atoms with Crippen LogP contribution in [0.15, 0.2) is 41.5 Å². The third kappa shape index (κ3) is 6.08. The number of rotatable bonds is 8. The second kappa shape index (κ2) is 10.6. The minimum atomic E-state index is -3.74. The molecule has 12 heteroatoms. The fourth-order valence-corrected chi connectivity index (χ4v) is 4.72. The molecule has 1 saturated heterocycles. The van der Waals surface area contributed by atoms with Crippen molar-refractivity contribution in [3.05, 3.63) is 63.2 Å². The number of non-ortho nitro benzene ring substituents is 1. The molecule has 0 spiro atoms. The van der Waals surface area contributed by atoms with Gasteiger partial charge in [-0.2, -0.15) is 5.10 Å². The molecular weight excluding hydrogens is 462 g/mol. The minimum Gasteiger partial charge on any atom is -0.378 e. The lowest BCUT2D eigenvalue weighted by Gasteiger charge is -2.29. The van der Waals surface area contributed by atoms with Crippen LogP contribution in [-0.4, -0.2) is 64.6 Å². The van der Waals surface area contributed by atoms with Crippen molar-refractivity contribution in [2.45, 2.75) is 13.8 Å². The van der Waals surface area contributed by atoms with Gasteiger partial charge in [-0.1, -0.05) is 18.2 Å². The van der Waals surface area contributed by atoms with Gasteiger partial charge < -0.3 is 9.64 Å². The summed E-state index contributed by atoms with van der Waals surface area (Å²) < 4.78 is 31.2. The van der Waals surface area contributed by atoms with Gasteiger partial charge in [0, 0.05) is 36.5 Å². The predicted octanol–water partition coefficient (Wildman–Crippen LogP) is 1.96. The number of amides is 1. The van der Waals surface area contributed by atoms with Crippen LogP contribution in [0, 0.1) is 24.0 Å². The molecule has 0 saturated carbocycles. The molecule has 182 valence electrons. The van der Waals surface area contributed by atoms with E-state index < -0.39 is 27.4 Å². The Morgan fingerprint density at radius 3 is 2.47 bits per heavy atom. The SMILES string of the molecule is Cc1cccc(C)c1N(CC(=O)N/N=C\c1cc([N+](=O)[O-])ccc1N1CCOCC1)S(C)(=O)=O. The van der Waals surface area contributed by atoms with Crippen molar-refractivity contribution >= 4 is 39.2 Å². The fraction of sp³-hybridized carbons (Fsp3) is 0.364. The largest absolute Gasteiger partial charge is 0.378 e. The molecule has 0 bridgehead atoms. The van der Waals surface area contributed by atoms with Gasteiger partial charge in [0.05, 0.1) is 36.3 Å². The van der Waals surface area contributed by atoms with Gasteiger partial charge >= 0.3 is 0 Å². The molecule has 0 unspecified atom stereocenters. The van der Waals surface area contributed by atoms with Gasteiger partial charge in [0.1, 0.15) is 6.54 Å². The average Bonchev–Trinajstić information content (AvgIpc) is 2.78. The highest BCUT2D eigenvalue weighted by molar-refractivity contribution is 7.92. The summed E-state index contributed by atoms with van der Waals surface area (Å²) in [5.41, 5.74) is 5.27. The second-order valence-electron chi connectivity index (χ2n) is 7.90. The molecule has 0 aliphatic carbocycles. The average molecular weight is 490 g/mol. The number of aryl methyl sites for hydroxylation is 2. The number of benzene rings is 2. The van der Waals surface area contributed by atoms with E-state index in [1.54, 1.807) is 32.0 Å². The Morgan fingerprint density at radius 2 is 1.88 bits per heavy atom. The minimum absolute atomic E-state index is 0.108. The lowest BCUT2D eigenvalue weighted by molar-refractivity contribution is -0.384.